The molecular weight excluding hydrogens is 592 g/mol. The Balaban J connectivity index is 1.15. The van der Waals surface area contributed by atoms with Crippen LogP contribution in [0.15, 0.2) is 116 Å². The Bertz CT molecular complexity index is 1980. The summed E-state index contributed by atoms with van der Waals surface area (Å²) in [6.45, 7) is 0.126. The maximum absolute atomic E-state index is 11.4. The molecule has 2 aromatic heterocycles. The lowest BCUT2D eigenvalue weighted by molar-refractivity contribution is -0.0930. The minimum absolute atomic E-state index is 0.126. The first kappa shape index (κ1) is 29.2. The van der Waals surface area contributed by atoms with Crippen molar-refractivity contribution in [2.45, 2.75) is 30.5 Å². The Labute approximate surface area is 272 Å². The van der Waals surface area contributed by atoms with Crippen LogP contribution in [0.2, 0.25) is 0 Å². The van der Waals surface area contributed by atoms with E-state index in [2.05, 4.69) is 39.7 Å². The standard InChI is InChI=1S/C38H34N4O5/c1-44-27-16-12-25(13-17-27)38(24-8-4-3-5-9-24,26-14-18-28(45-2)19-15-26)46-22-33-32(43)20-34(47-33)42-21-30-29-10-6-7-11-31(29)41-36-35(30)37(42)40-23-39-36/h3-19,21,23,32-34,43H,20,22H2,1-2H3,(H,39,40,41)/t32-,33+,34+/m0/s1. The number of ether oxygens (including phenoxy) is 4. The van der Waals surface area contributed by atoms with Crippen molar-refractivity contribution < 1.29 is 24.1 Å². The van der Waals surface area contributed by atoms with Crippen LogP contribution in [0.5, 0.6) is 11.5 Å². The van der Waals surface area contributed by atoms with Crippen LogP contribution in [0, 0.1) is 0 Å². The first-order chi connectivity index (χ1) is 23.1. The van der Waals surface area contributed by atoms with E-state index >= 15 is 0 Å². The Morgan fingerprint density at radius 2 is 1.45 bits per heavy atom. The van der Waals surface area contributed by atoms with E-state index in [1.807, 2.05) is 89.5 Å². The number of aliphatic hydroxyl groups is 1. The summed E-state index contributed by atoms with van der Waals surface area (Å²) in [6, 6.07) is 34.0. The van der Waals surface area contributed by atoms with Gasteiger partial charge >= 0.3 is 0 Å². The summed E-state index contributed by atoms with van der Waals surface area (Å²) >= 11 is 0. The molecule has 1 fully saturated rings. The fourth-order valence-electron chi connectivity index (χ4n) is 6.88. The lowest BCUT2D eigenvalue weighted by Crippen LogP contribution is -2.38. The number of aromatic nitrogens is 3. The van der Waals surface area contributed by atoms with Gasteiger partial charge in [0.25, 0.3) is 0 Å². The molecule has 9 heteroatoms. The van der Waals surface area contributed by atoms with Crippen LogP contribution in [0.1, 0.15) is 29.3 Å². The van der Waals surface area contributed by atoms with Crippen molar-refractivity contribution in [3.05, 3.63) is 132 Å². The number of para-hydroxylation sites is 1. The van der Waals surface area contributed by atoms with Gasteiger partial charge in [0.1, 0.15) is 47.2 Å². The Morgan fingerprint density at radius 3 is 2.13 bits per heavy atom. The molecule has 0 spiro atoms. The van der Waals surface area contributed by atoms with Gasteiger partial charge in [-0.3, -0.25) is 0 Å². The van der Waals surface area contributed by atoms with Crippen LogP contribution in [0.25, 0.3) is 22.2 Å². The van der Waals surface area contributed by atoms with Gasteiger partial charge in [-0.2, -0.15) is 0 Å². The fourth-order valence-corrected chi connectivity index (χ4v) is 6.88. The highest BCUT2D eigenvalue weighted by atomic mass is 16.6. The predicted octanol–water partition coefficient (Wildman–Crippen LogP) is 6.83. The SMILES string of the molecule is COc1ccc(C(OC[C@H]2O[C@@H](n3cc4c5c(ncnc53)Nc3ccccc3-4)C[C@@H]2O)(c2ccccc2)c2ccc(OC)cc2)cc1. The molecule has 0 saturated carbocycles. The van der Waals surface area contributed by atoms with Crippen LogP contribution in [-0.2, 0) is 15.1 Å². The van der Waals surface area contributed by atoms with E-state index in [1.165, 1.54) is 0 Å². The van der Waals surface area contributed by atoms with E-state index in [0.717, 1.165) is 61.9 Å². The van der Waals surface area contributed by atoms with Crippen molar-refractivity contribution in [1.82, 2.24) is 14.5 Å². The van der Waals surface area contributed by atoms with Crippen molar-refractivity contribution in [3.8, 4) is 22.6 Å². The quantitative estimate of drug-likeness (QED) is 0.168. The second kappa shape index (κ2) is 11.9. The molecule has 0 unspecified atom stereocenters. The molecular formula is C38H34N4O5. The summed E-state index contributed by atoms with van der Waals surface area (Å²) in [4.78, 5) is 9.15. The largest absolute Gasteiger partial charge is 0.497 e. The van der Waals surface area contributed by atoms with Crippen molar-refractivity contribution in [3.63, 3.8) is 0 Å². The van der Waals surface area contributed by atoms with Crippen LogP contribution in [-0.4, -0.2) is 52.7 Å². The topological polar surface area (TPSA) is 99.9 Å². The average Bonchev–Trinajstić information content (AvgIpc) is 3.71. The molecule has 236 valence electrons. The van der Waals surface area contributed by atoms with Gasteiger partial charge in [0, 0.05) is 29.4 Å². The molecule has 2 aliphatic heterocycles. The van der Waals surface area contributed by atoms with Crippen LogP contribution in [0.4, 0.5) is 11.5 Å². The van der Waals surface area contributed by atoms with Gasteiger partial charge in [-0.1, -0.05) is 72.8 Å². The number of nitrogens with zero attached hydrogens (tertiary/aromatic N) is 3. The summed E-state index contributed by atoms with van der Waals surface area (Å²) in [5.74, 6) is 2.25. The van der Waals surface area contributed by atoms with Gasteiger partial charge in [-0.25, -0.2) is 9.97 Å². The molecule has 6 aromatic rings. The second-order valence-corrected chi connectivity index (χ2v) is 11.8. The van der Waals surface area contributed by atoms with Gasteiger partial charge < -0.3 is 33.9 Å². The minimum atomic E-state index is -1.02. The van der Waals surface area contributed by atoms with Crippen molar-refractivity contribution in [2.24, 2.45) is 0 Å². The summed E-state index contributed by atoms with van der Waals surface area (Å²) in [5.41, 5.74) is 5.58. The molecule has 0 bridgehead atoms. The summed E-state index contributed by atoms with van der Waals surface area (Å²) < 4.78 is 26.6. The molecule has 9 nitrogen and oxygen atoms in total. The third-order valence-corrected chi connectivity index (χ3v) is 9.23. The first-order valence-corrected chi connectivity index (χ1v) is 15.6. The highest BCUT2D eigenvalue weighted by Crippen LogP contribution is 2.46. The fraction of sp³-hybridized carbons (Fsp3) is 0.211. The number of fused-ring (bicyclic) bond motifs is 2. The number of benzene rings is 4. The van der Waals surface area contributed by atoms with Crippen LogP contribution < -0.4 is 14.8 Å². The Morgan fingerprint density at radius 1 is 0.809 bits per heavy atom. The number of anilines is 2. The van der Waals surface area contributed by atoms with E-state index in [9.17, 15) is 5.11 Å². The number of hydrogen-bond donors (Lipinski definition) is 2. The summed E-state index contributed by atoms with van der Waals surface area (Å²) in [7, 11) is 3.30. The molecule has 2 N–H and O–H groups in total. The molecule has 0 amide bonds. The first-order valence-electron chi connectivity index (χ1n) is 15.6. The predicted molar refractivity (Wildman–Crippen MR) is 179 cm³/mol. The maximum Gasteiger partial charge on any atom is 0.148 e. The summed E-state index contributed by atoms with van der Waals surface area (Å²) in [6.07, 6.45) is 2.19. The third-order valence-electron chi connectivity index (χ3n) is 9.23. The van der Waals surface area contributed by atoms with Crippen molar-refractivity contribution >= 4 is 22.5 Å². The van der Waals surface area contributed by atoms with Crippen molar-refractivity contribution in [2.75, 3.05) is 26.1 Å². The lowest BCUT2D eigenvalue weighted by atomic mass is 9.80. The number of rotatable bonds is 9. The van der Waals surface area contributed by atoms with Gasteiger partial charge in [0.2, 0.25) is 0 Å². The monoisotopic (exact) mass is 626 g/mol. The second-order valence-electron chi connectivity index (χ2n) is 11.8. The van der Waals surface area contributed by atoms with Gasteiger partial charge in [0.15, 0.2) is 0 Å². The van der Waals surface area contributed by atoms with E-state index in [1.54, 1.807) is 20.5 Å². The minimum Gasteiger partial charge on any atom is -0.497 e. The molecule has 3 atom stereocenters. The molecule has 47 heavy (non-hydrogen) atoms. The Hall–Kier alpha value is -5.22. The highest BCUT2D eigenvalue weighted by molar-refractivity contribution is 6.08. The number of hydrogen-bond acceptors (Lipinski definition) is 8. The van der Waals surface area contributed by atoms with Gasteiger partial charge in [-0.15, -0.1) is 0 Å². The smallest absolute Gasteiger partial charge is 0.148 e. The summed E-state index contributed by atoms with van der Waals surface area (Å²) in [5, 5.41) is 15.8. The van der Waals surface area contributed by atoms with E-state index in [-0.39, 0.29) is 6.61 Å². The molecule has 0 aliphatic carbocycles. The van der Waals surface area contributed by atoms with E-state index in [4.69, 9.17) is 18.9 Å². The molecule has 2 aliphatic rings. The zero-order valence-electron chi connectivity index (χ0n) is 26.0. The van der Waals surface area contributed by atoms with Crippen molar-refractivity contribution in [1.29, 1.82) is 0 Å². The molecule has 8 rings (SSSR count). The normalized spacial score (nSPS) is 18.5. The third kappa shape index (κ3) is 4.91. The number of methoxy groups -OCH3 is 2. The maximum atomic E-state index is 11.4. The number of aliphatic hydroxyl groups excluding tert-OH is 1. The Kier molecular flexibility index (Phi) is 7.37. The molecule has 0 radical (unpaired) electrons. The number of nitrogens with one attached hydrogen (secondary N) is 1. The molecule has 1 saturated heterocycles. The van der Waals surface area contributed by atoms with E-state index < -0.39 is 24.0 Å². The van der Waals surface area contributed by atoms with Crippen LogP contribution in [0.3, 0.4) is 0 Å². The highest BCUT2D eigenvalue weighted by Gasteiger charge is 2.42. The average molecular weight is 627 g/mol. The zero-order chi connectivity index (χ0) is 32.0. The van der Waals surface area contributed by atoms with Crippen LogP contribution >= 0.6 is 0 Å². The molecule has 4 aromatic carbocycles. The van der Waals surface area contributed by atoms with E-state index in [0.29, 0.717) is 6.42 Å². The van der Waals surface area contributed by atoms with Gasteiger partial charge in [0.05, 0.1) is 32.3 Å². The molecule has 4 heterocycles. The van der Waals surface area contributed by atoms with Gasteiger partial charge in [-0.05, 0) is 47.0 Å². The zero-order valence-corrected chi connectivity index (χ0v) is 26.0. The lowest BCUT2D eigenvalue weighted by Gasteiger charge is -2.37.